The first-order chi connectivity index (χ1) is 12.9. The number of hydrogen-bond acceptors (Lipinski definition) is 4. The third-order valence-corrected chi connectivity index (χ3v) is 7.65. The van der Waals surface area contributed by atoms with Gasteiger partial charge in [-0.3, -0.25) is 4.79 Å². The summed E-state index contributed by atoms with van der Waals surface area (Å²) in [7, 11) is -2.96. The van der Waals surface area contributed by atoms with Crippen LogP contribution in [0.2, 0.25) is 0 Å². The summed E-state index contributed by atoms with van der Waals surface area (Å²) in [6.45, 7) is 5.16. The lowest BCUT2D eigenvalue weighted by atomic mass is 10.0. The summed E-state index contributed by atoms with van der Waals surface area (Å²) in [5.41, 5.74) is 5.05. The quantitative estimate of drug-likeness (QED) is 0.758. The van der Waals surface area contributed by atoms with Gasteiger partial charge in [-0.05, 0) is 50.8 Å². The standard InChI is InChI=1S/C21H26N2O3S/c1-15-12-19(16(2)23(15)18-9-11-27(25,26)14-18)21(24)13-22-10-5-7-17-6-3-4-8-20(17)22/h3-4,6,8,12,18H,5,7,9-11,13-14H2,1-2H3/t18-/m0/s1. The van der Waals surface area contributed by atoms with Gasteiger partial charge in [0.25, 0.3) is 0 Å². The fraction of sp³-hybridized carbons (Fsp3) is 0.476. The average Bonchev–Trinajstić information content (AvgIpc) is 3.13. The molecule has 0 amide bonds. The Balaban J connectivity index is 1.58. The number of benzene rings is 1. The molecule has 0 saturated carbocycles. The Kier molecular flexibility index (Phi) is 4.62. The largest absolute Gasteiger partial charge is 0.364 e. The summed E-state index contributed by atoms with van der Waals surface area (Å²) in [5.74, 6) is 0.519. The number of sulfone groups is 1. The van der Waals surface area contributed by atoms with Crippen molar-refractivity contribution in [1.29, 1.82) is 0 Å². The molecule has 2 aliphatic rings. The van der Waals surface area contributed by atoms with Crippen LogP contribution < -0.4 is 4.90 Å². The molecule has 1 fully saturated rings. The van der Waals surface area contributed by atoms with Crippen LogP contribution in [0, 0.1) is 13.8 Å². The maximum absolute atomic E-state index is 13.1. The zero-order chi connectivity index (χ0) is 19.2. The van der Waals surface area contributed by atoms with Crippen LogP contribution in [0.5, 0.6) is 0 Å². The number of anilines is 1. The summed E-state index contributed by atoms with van der Waals surface area (Å²) in [4.78, 5) is 15.3. The molecule has 2 aliphatic heterocycles. The molecular formula is C21H26N2O3S. The Morgan fingerprint density at radius 3 is 2.74 bits per heavy atom. The minimum atomic E-state index is -2.96. The molecule has 3 heterocycles. The highest BCUT2D eigenvalue weighted by atomic mass is 32.2. The smallest absolute Gasteiger partial charge is 0.183 e. The molecule has 4 rings (SSSR count). The van der Waals surface area contributed by atoms with Crippen molar-refractivity contribution in [2.24, 2.45) is 0 Å². The molecule has 1 saturated heterocycles. The van der Waals surface area contributed by atoms with E-state index in [1.165, 1.54) is 5.56 Å². The molecule has 1 aromatic carbocycles. The third-order valence-electron chi connectivity index (χ3n) is 5.90. The molecular weight excluding hydrogens is 360 g/mol. The lowest BCUT2D eigenvalue weighted by Gasteiger charge is -2.30. The Hall–Kier alpha value is -2.08. The van der Waals surface area contributed by atoms with Crippen LogP contribution in [-0.4, -0.2) is 43.4 Å². The predicted molar refractivity (Wildman–Crippen MR) is 108 cm³/mol. The van der Waals surface area contributed by atoms with Gasteiger partial charge in [0, 0.05) is 35.2 Å². The van der Waals surface area contributed by atoms with Crippen molar-refractivity contribution in [1.82, 2.24) is 4.57 Å². The first-order valence-corrected chi connectivity index (χ1v) is 11.4. The summed E-state index contributed by atoms with van der Waals surface area (Å²) in [5, 5.41) is 0. The zero-order valence-electron chi connectivity index (χ0n) is 15.9. The molecule has 144 valence electrons. The van der Waals surface area contributed by atoms with Crippen molar-refractivity contribution >= 4 is 21.3 Å². The van der Waals surface area contributed by atoms with E-state index in [1.54, 1.807) is 0 Å². The van der Waals surface area contributed by atoms with Crippen molar-refractivity contribution in [2.75, 3.05) is 29.5 Å². The average molecular weight is 387 g/mol. The van der Waals surface area contributed by atoms with Gasteiger partial charge in [-0.1, -0.05) is 18.2 Å². The number of hydrogen-bond donors (Lipinski definition) is 0. The van der Waals surface area contributed by atoms with Crippen molar-refractivity contribution in [3.63, 3.8) is 0 Å². The summed E-state index contributed by atoms with van der Waals surface area (Å²) in [6.07, 6.45) is 2.75. The van der Waals surface area contributed by atoms with Crippen LogP contribution in [0.3, 0.4) is 0 Å². The summed E-state index contributed by atoms with van der Waals surface area (Å²) in [6, 6.07) is 10.2. The molecule has 2 aromatic rings. The lowest BCUT2D eigenvalue weighted by Crippen LogP contribution is -2.34. The second kappa shape index (κ2) is 6.82. The molecule has 1 aromatic heterocycles. The number of fused-ring (bicyclic) bond motifs is 1. The minimum absolute atomic E-state index is 0.0488. The molecule has 0 radical (unpaired) electrons. The molecule has 5 nitrogen and oxygen atoms in total. The number of aryl methyl sites for hydroxylation is 2. The third kappa shape index (κ3) is 3.43. The van der Waals surface area contributed by atoms with E-state index < -0.39 is 9.84 Å². The first kappa shape index (κ1) is 18.3. The molecule has 0 bridgehead atoms. The predicted octanol–water partition coefficient (Wildman–Crippen LogP) is 3.10. The number of rotatable bonds is 4. The first-order valence-electron chi connectivity index (χ1n) is 9.60. The van der Waals surface area contributed by atoms with Crippen molar-refractivity contribution < 1.29 is 13.2 Å². The molecule has 0 aliphatic carbocycles. The van der Waals surface area contributed by atoms with Crippen LogP contribution >= 0.6 is 0 Å². The number of nitrogens with zero attached hydrogens (tertiary/aromatic N) is 2. The second-order valence-corrected chi connectivity index (χ2v) is 10.0. The molecule has 27 heavy (non-hydrogen) atoms. The normalized spacial score (nSPS) is 21.3. The Morgan fingerprint density at radius 1 is 1.22 bits per heavy atom. The van der Waals surface area contributed by atoms with E-state index in [1.807, 2.05) is 32.0 Å². The Bertz CT molecular complexity index is 991. The summed E-state index contributed by atoms with van der Waals surface area (Å²) < 4.78 is 25.8. The second-order valence-electron chi connectivity index (χ2n) is 7.79. The Labute approximate surface area is 160 Å². The maximum Gasteiger partial charge on any atom is 0.183 e. The van der Waals surface area contributed by atoms with Crippen LogP contribution in [0.4, 0.5) is 5.69 Å². The van der Waals surface area contributed by atoms with E-state index in [4.69, 9.17) is 0 Å². The number of carbonyl (C=O) groups excluding carboxylic acids is 1. The van der Waals surface area contributed by atoms with Crippen molar-refractivity contribution in [3.05, 3.63) is 52.8 Å². The SMILES string of the molecule is Cc1cc(C(=O)CN2CCCc3ccccc32)c(C)n1[C@H]1CCS(=O)(=O)C1. The van der Waals surface area contributed by atoms with E-state index in [2.05, 4.69) is 21.6 Å². The van der Waals surface area contributed by atoms with Gasteiger partial charge in [0.1, 0.15) is 0 Å². The number of Topliss-reactive ketones (excluding diaryl/α,β-unsaturated/α-hetero) is 1. The van der Waals surface area contributed by atoms with Crippen molar-refractivity contribution in [3.8, 4) is 0 Å². The zero-order valence-corrected chi connectivity index (χ0v) is 16.8. The van der Waals surface area contributed by atoms with Gasteiger partial charge >= 0.3 is 0 Å². The van der Waals surface area contributed by atoms with E-state index in [0.29, 0.717) is 13.0 Å². The van der Waals surface area contributed by atoms with Gasteiger partial charge in [0.05, 0.1) is 18.1 Å². The van der Waals surface area contributed by atoms with Crippen LogP contribution in [0.25, 0.3) is 0 Å². The number of carbonyl (C=O) groups is 1. The van der Waals surface area contributed by atoms with Gasteiger partial charge in [0.2, 0.25) is 0 Å². The van der Waals surface area contributed by atoms with Crippen LogP contribution in [0.1, 0.15) is 46.2 Å². The topological polar surface area (TPSA) is 59.4 Å². The molecule has 0 spiro atoms. The molecule has 0 unspecified atom stereocenters. The maximum atomic E-state index is 13.1. The lowest BCUT2D eigenvalue weighted by molar-refractivity contribution is 0.0998. The highest BCUT2D eigenvalue weighted by Crippen LogP contribution is 2.30. The van der Waals surface area contributed by atoms with E-state index >= 15 is 0 Å². The highest BCUT2D eigenvalue weighted by Gasteiger charge is 2.32. The van der Waals surface area contributed by atoms with E-state index in [0.717, 1.165) is 42.0 Å². The summed E-state index contributed by atoms with van der Waals surface area (Å²) >= 11 is 0. The fourth-order valence-corrected chi connectivity index (χ4v) is 6.33. The van der Waals surface area contributed by atoms with Gasteiger partial charge < -0.3 is 9.47 Å². The Morgan fingerprint density at radius 2 is 2.00 bits per heavy atom. The fourth-order valence-electron chi connectivity index (χ4n) is 4.63. The van der Waals surface area contributed by atoms with E-state index in [9.17, 15) is 13.2 Å². The van der Waals surface area contributed by atoms with Gasteiger partial charge in [-0.2, -0.15) is 0 Å². The van der Waals surface area contributed by atoms with Crippen LogP contribution in [0.15, 0.2) is 30.3 Å². The van der Waals surface area contributed by atoms with Gasteiger partial charge in [-0.25, -0.2) is 8.42 Å². The molecule has 0 N–H and O–H groups in total. The highest BCUT2D eigenvalue weighted by molar-refractivity contribution is 7.91. The number of ketones is 1. The molecule has 6 heteroatoms. The number of para-hydroxylation sites is 1. The monoisotopic (exact) mass is 386 g/mol. The van der Waals surface area contributed by atoms with Crippen molar-refractivity contribution in [2.45, 2.75) is 39.2 Å². The molecule has 1 atom stereocenters. The minimum Gasteiger partial charge on any atom is -0.364 e. The van der Waals surface area contributed by atoms with E-state index in [-0.39, 0.29) is 23.3 Å². The van der Waals surface area contributed by atoms with Crippen LogP contribution in [-0.2, 0) is 16.3 Å². The van der Waals surface area contributed by atoms with Gasteiger partial charge in [-0.15, -0.1) is 0 Å². The van der Waals surface area contributed by atoms with Gasteiger partial charge in [0.15, 0.2) is 15.6 Å². The number of aromatic nitrogens is 1.